The minimum atomic E-state index is 0.0111. The summed E-state index contributed by atoms with van der Waals surface area (Å²) < 4.78 is 0. The Bertz CT molecular complexity index is 448. The van der Waals surface area contributed by atoms with Crippen LogP contribution >= 0.6 is 0 Å². The van der Waals surface area contributed by atoms with Crippen LogP contribution in [-0.4, -0.2) is 30.1 Å². The number of rotatable bonds is 4. The van der Waals surface area contributed by atoms with Crippen LogP contribution in [0, 0.1) is 6.92 Å². The highest BCUT2D eigenvalue weighted by molar-refractivity contribution is 5.50. The number of nitrogens with two attached hydrogens (primary N) is 1. The summed E-state index contributed by atoms with van der Waals surface area (Å²) in [7, 11) is 4.03. The highest BCUT2D eigenvalue weighted by atomic mass is 16.3. The molecule has 3 nitrogen and oxygen atoms in total. The third-order valence-electron chi connectivity index (χ3n) is 4.02. The second kappa shape index (κ2) is 4.56. The fraction of sp³-hybridized carbons (Fsp3) is 0.600. The van der Waals surface area contributed by atoms with Crippen LogP contribution in [0.5, 0.6) is 5.75 Å². The molecular formula is C15H24N2O. The van der Waals surface area contributed by atoms with E-state index >= 15 is 0 Å². The monoisotopic (exact) mass is 248 g/mol. The molecule has 1 aromatic rings. The summed E-state index contributed by atoms with van der Waals surface area (Å²) >= 11 is 0. The third-order valence-corrected chi connectivity index (χ3v) is 4.02. The van der Waals surface area contributed by atoms with Crippen molar-refractivity contribution in [1.29, 1.82) is 0 Å². The Morgan fingerprint density at radius 3 is 2.44 bits per heavy atom. The van der Waals surface area contributed by atoms with Gasteiger partial charge in [0.15, 0.2) is 0 Å². The molecule has 1 saturated carbocycles. The molecule has 1 unspecified atom stereocenters. The fourth-order valence-electron chi connectivity index (χ4n) is 2.80. The van der Waals surface area contributed by atoms with Crippen LogP contribution in [-0.2, 0) is 12.0 Å². The SMILES string of the molecule is Cc1cc(CN(C)C)c(O)c(C2(C(C)N)CC2)c1. The number of benzene rings is 1. The Labute approximate surface area is 110 Å². The zero-order chi connectivity index (χ0) is 13.5. The van der Waals surface area contributed by atoms with Crippen molar-refractivity contribution in [2.75, 3.05) is 14.1 Å². The van der Waals surface area contributed by atoms with E-state index in [1.54, 1.807) is 0 Å². The average Bonchev–Trinajstić information content (AvgIpc) is 3.03. The lowest BCUT2D eigenvalue weighted by Gasteiger charge is -2.24. The summed E-state index contributed by atoms with van der Waals surface area (Å²) in [5.74, 6) is 0.448. The molecule has 0 bridgehead atoms. The van der Waals surface area contributed by atoms with Gasteiger partial charge in [-0.3, -0.25) is 0 Å². The van der Waals surface area contributed by atoms with Crippen molar-refractivity contribution in [1.82, 2.24) is 4.90 Å². The van der Waals surface area contributed by atoms with Gasteiger partial charge in [0.2, 0.25) is 0 Å². The molecule has 0 aromatic heterocycles. The van der Waals surface area contributed by atoms with E-state index in [2.05, 4.69) is 24.0 Å². The van der Waals surface area contributed by atoms with Crippen molar-refractivity contribution in [3.63, 3.8) is 0 Å². The molecule has 0 saturated heterocycles. The highest BCUT2D eigenvalue weighted by Crippen LogP contribution is 2.53. The van der Waals surface area contributed by atoms with Crippen LogP contribution in [0.1, 0.15) is 36.5 Å². The lowest BCUT2D eigenvalue weighted by Crippen LogP contribution is -2.32. The number of phenols is 1. The van der Waals surface area contributed by atoms with Crippen LogP contribution in [0.25, 0.3) is 0 Å². The number of hydrogen-bond acceptors (Lipinski definition) is 3. The summed E-state index contributed by atoms with van der Waals surface area (Å²) in [6.45, 7) is 4.88. The van der Waals surface area contributed by atoms with E-state index in [9.17, 15) is 5.11 Å². The summed E-state index contributed by atoms with van der Waals surface area (Å²) in [5, 5.41) is 10.5. The Kier molecular flexibility index (Phi) is 3.39. The first kappa shape index (κ1) is 13.4. The highest BCUT2D eigenvalue weighted by Gasteiger charge is 2.49. The van der Waals surface area contributed by atoms with Gasteiger partial charge in [-0.25, -0.2) is 0 Å². The van der Waals surface area contributed by atoms with E-state index < -0.39 is 0 Å². The Morgan fingerprint density at radius 1 is 1.39 bits per heavy atom. The average molecular weight is 248 g/mol. The lowest BCUT2D eigenvalue weighted by atomic mass is 9.86. The smallest absolute Gasteiger partial charge is 0.123 e. The Morgan fingerprint density at radius 2 is 2.00 bits per heavy atom. The van der Waals surface area contributed by atoms with Crippen LogP contribution in [0.4, 0.5) is 0 Å². The first-order valence-electron chi connectivity index (χ1n) is 6.60. The normalized spacial score (nSPS) is 19.0. The lowest BCUT2D eigenvalue weighted by molar-refractivity contribution is 0.380. The first-order valence-corrected chi connectivity index (χ1v) is 6.60. The van der Waals surface area contributed by atoms with Gasteiger partial charge in [-0.05, 0) is 40.8 Å². The molecule has 3 N–H and O–H groups in total. The van der Waals surface area contributed by atoms with E-state index in [0.29, 0.717) is 5.75 Å². The zero-order valence-electron chi connectivity index (χ0n) is 11.8. The van der Waals surface area contributed by atoms with Crippen molar-refractivity contribution in [2.24, 2.45) is 5.73 Å². The maximum Gasteiger partial charge on any atom is 0.123 e. The Balaban J connectivity index is 2.45. The summed E-state index contributed by atoms with van der Waals surface area (Å²) in [6, 6.07) is 4.26. The molecule has 0 radical (unpaired) electrons. The minimum absolute atomic E-state index is 0.0111. The summed E-state index contributed by atoms with van der Waals surface area (Å²) in [5.41, 5.74) is 9.38. The van der Waals surface area contributed by atoms with Gasteiger partial charge in [-0.2, -0.15) is 0 Å². The van der Waals surface area contributed by atoms with Crippen LogP contribution in [0.2, 0.25) is 0 Å². The molecule has 0 heterocycles. The number of aromatic hydroxyl groups is 1. The minimum Gasteiger partial charge on any atom is -0.507 e. The molecule has 0 aliphatic heterocycles. The zero-order valence-corrected chi connectivity index (χ0v) is 11.8. The molecule has 1 aliphatic rings. The van der Waals surface area contributed by atoms with Crippen LogP contribution in [0.15, 0.2) is 12.1 Å². The van der Waals surface area contributed by atoms with Gasteiger partial charge in [-0.1, -0.05) is 17.7 Å². The largest absolute Gasteiger partial charge is 0.507 e. The van der Waals surface area contributed by atoms with Gasteiger partial charge in [0, 0.05) is 29.1 Å². The molecule has 100 valence electrons. The molecule has 0 spiro atoms. The molecule has 18 heavy (non-hydrogen) atoms. The molecule has 3 heteroatoms. The van der Waals surface area contributed by atoms with E-state index in [4.69, 9.17) is 5.73 Å². The van der Waals surface area contributed by atoms with Crippen molar-refractivity contribution >= 4 is 0 Å². The van der Waals surface area contributed by atoms with Crippen LogP contribution in [0.3, 0.4) is 0 Å². The van der Waals surface area contributed by atoms with Crippen molar-refractivity contribution in [3.8, 4) is 5.75 Å². The number of phenolic OH excluding ortho intramolecular Hbond substituents is 1. The predicted molar refractivity (Wildman–Crippen MR) is 74.8 cm³/mol. The van der Waals surface area contributed by atoms with Crippen molar-refractivity contribution in [3.05, 3.63) is 28.8 Å². The number of nitrogens with zero attached hydrogens (tertiary/aromatic N) is 1. The number of aryl methyl sites for hydroxylation is 1. The van der Waals surface area contributed by atoms with Gasteiger partial charge in [-0.15, -0.1) is 0 Å². The maximum absolute atomic E-state index is 10.5. The number of hydrogen-bond donors (Lipinski definition) is 2. The van der Waals surface area contributed by atoms with Gasteiger partial charge < -0.3 is 15.7 Å². The van der Waals surface area contributed by atoms with Gasteiger partial charge in [0.25, 0.3) is 0 Å². The quantitative estimate of drug-likeness (QED) is 0.858. The summed E-state index contributed by atoms with van der Waals surface area (Å²) in [4.78, 5) is 2.07. The van der Waals surface area contributed by atoms with E-state index in [1.165, 1.54) is 5.56 Å². The van der Waals surface area contributed by atoms with Gasteiger partial charge >= 0.3 is 0 Å². The maximum atomic E-state index is 10.5. The molecule has 1 atom stereocenters. The van der Waals surface area contributed by atoms with E-state index in [0.717, 1.165) is 30.5 Å². The molecule has 2 rings (SSSR count). The first-order chi connectivity index (χ1) is 8.36. The van der Waals surface area contributed by atoms with Crippen LogP contribution < -0.4 is 5.73 Å². The molecule has 1 aliphatic carbocycles. The molecular weight excluding hydrogens is 224 g/mol. The van der Waals surface area contributed by atoms with Gasteiger partial charge in [0.1, 0.15) is 5.75 Å². The molecule has 1 aromatic carbocycles. The van der Waals surface area contributed by atoms with E-state index in [-0.39, 0.29) is 11.5 Å². The fourth-order valence-corrected chi connectivity index (χ4v) is 2.80. The molecule has 0 amide bonds. The predicted octanol–water partition coefficient (Wildman–Crippen LogP) is 2.14. The second-order valence-corrected chi connectivity index (χ2v) is 6.00. The van der Waals surface area contributed by atoms with Gasteiger partial charge in [0.05, 0.1) is 0 Å². The van der Waals surface area contributed by atoms with Crippen molar-refractivity contribution < 1.29 is 5.11 Å². The summed E-state index contributed by atoms with van der Waals surface area (Å²) in [6.07, 6.45) is 2.17. The van der Waals surface area contributed by atoms with E-state index in [1.807, 2.05) is 21.0 Å². The van der Waals surface area contributed by atoms with Crippen molar-refractivity contribution in [2.45, 2.75) is 44.7 Å². The second-order valence-electron chi connectivity index (χ2n) is 6.00. The third kappa shape index (κ3) is 2.25. The Hall–Kier alpha value is -1.06. The standard InChI is InChI=1S/C15H24N2O/c1-10-7-12(9-17(3)4)14(18)13(8-10)15(5-6-15)11(2)16/h7-8,11,18H,5-6,9,16H2,1-4H3. The molecule has 1 fully saturated rings. The topological polar surface area (TPSA) is 49.5 Å².